The minimum atomic E-state index is 0.490. The minimum absolute atomic E-state index is 0.490. The van der Waals surface area contributed by atoms with Gasteiger partial charge in [-0.25, -0.2) is 0 Å². The topological polar surface area (TPSA) is 78.9 Å². The van der Waals surface area contributed by atoms with E-state index < -0.39 is 0 Å². The molecule has 7 nitrogen and oxygen atoms in total. The third-order valence-corrected chi connectivity index (χ3v) is 5.32. The van der Waals surface area contributed by atoms with Gasteiger partial charge in [-0.15, -0.1) is 10.2 Å². The molecule has 0 amide bonds. The van der Waals surface area contributed by atoms with E-state index in [1.54, 1.807) is 7.11 Å². The van der Waals surface area contributed by atoms with Crippen LogP contribution in [-0.4, -0.2) is 32.0 Å². The molecule has 2 aromatic heterocycles. The predicted molar refractivity (Wildman–Crippen MR) is 107 cm³/mol. The number of halogens is 1. The van der Waals surface area contributed by atoms with Gasteiger partial charge in [0.1, 0.15) is 5.75 Å². The molecule has 0 bridgehead atoms. The van der Waals surface area contributed by atoms with Gasteiger partial charge in [-0.05, 0) is 36.4 Å². The molecule has 4 rings (SSSR count). The molecule has 0 aliphatic carbocycles. The molecule has 9 heteroatoms. The van der Waals surface area contributed by atoms with Crippen molar-refractivity contribution in [3.8, 4) is 28.5 Å². The molecule has 2 heterocycles. The summed E-state index contributed by atoms with van der Waals surface area (Å²) < 4.78 is 12.5. The summed E-state index contributed by atoms with van der Waals surface area (Å²) >= 11 is 7.42. The van der Waals surface area contributed by atoms with E-state index in [-0.39, 0.29) is 0 Å². The first kappa shape index (κ1) is 18.5. The van der Waals surface area contributed by atoms with Gasteiger partial charge in [-0.3, -0.25) is 0 Å². The molecule has 28 heavy (non-hydrogen) atoms. The Hall–Kier alpha value is -2.84. The lowest BCUT2D eigenvalue weighted by Gasteiger charge is -2.03. The molecule has 0 unspecified atom stereocenters. The van der Waals surface area contributed by atoms with E-state index in [0.29, 0.717) is 22.5 Å². The fraction of sp³-hybridized carbons (Fsp3) is 0.158. The minimum Gasteiger partial charge on any atom is -0.497 e. The van der Waals surface area contributed by atoms with Crippen LogP contribution >= 0.6 is 23.4 Å². The highest BCUT2D eigenvalue weighted by Gasteiger charge is 2.14. The highest BCUT2D eigenvalue weighted by atomic mass is 35.5. The average molecular weight is 414 g/mol. The molecular formula is C19H16ClN5O2S. The van der Waals surface area contributed by atoms with Crippen LogP contribution in [0.2, 0.25) is 5.02 Å². The van der Waals surface area contributed by atoms with E-state index in [9.17, 15) is 0 Å². The third kappa shape index (κ3) is 3.88. The lowest BCUT2D eigenvalue weighted by atomic mass is 10.2. The summed E-state index contributed by atoms with van der Waals surface area (Å²) in [5, 5.41) is 14.0. The number of hydrogen-bond donors (Lipinski definition) is 0. The molecule has 142 valence electrons. The van der Waals surface area contributed by atoms with Gasteiger partial charge in [0.2, 0.25) is 11.7 Å². The number of ether oxygens (including phenoxy) is 1. The van der Waals surface area contributed by atoms with Gasteiger partial charge in [0.15, 0.2) is 11.0 Å². The second kappa shape index (κ2) is 8.04. The van der Waals surface area contributed by atoms with E-state index in [2.05, 4.69) is 20.3 Å². The van der Waals surface area contributed by atoms with Gasteiger partial charge in [0.05, 0.1) is 12.9 Å². The third-order valence-electron chi connectivity index (χ3n) is 4.06. The maximum Gasteiger partial charge on any atom is 0.237 e. The number of rotatable bonds is 6. The molecule has 0 atom stereocenters. The van der Waals surface area contributed by atoms with E-state index in [4.69, 9.17) is 20.9 Å². The van der Waals surface area contributed by atoms with Gasteiger partial charge in [0, 0.05) is 23.2 Å². The molecule has 0 saturated heterocycles. The Balaban J connectivity index is 1.47. The van der Waals surface area contributed by atoms with E-state index >= 15 is 0 Å². The van der Waals surface area contributed by atoms with Crippen molar-refractivity contribution in [1.82, 2.24) is 24.9 Å². The summed E-state index contributed by atoms with van der Waals surface area (Å²) in [6.45, 7) is 0. The highest BCUT2D eigenvalue weighted by Crippen LogP contribution is 2.27. The fourth-order valence-corrected chi connectivity index (χ4v) is 3.48. The summed E-state index contributed by atoms with van der Waals surface area (Å²) in [4.78, 5) is 4.45. The molecule has 0 fully saturated rings. The van der Waals surface area contributed by atoms with Crippen LogP contribution in [0.4, 0.5) is 0 Å². The number of thioether (sulfide) groups is 1. The van der Waals surface area contributed by atoms with Crippen LogP contribution in [0.5, 0.6) is 5.75 Å². The Morgan fingerprint density at radius 1 is 1.11 bits per heavy atom. The zero-order chi connectivity index (χ0) is 19.5. The Bertz CT molecular complexity index is 1090. The quantitative estimate of drug-likeness (QED) is 0.431. The normalized spacial score (nSPS) is 11.0. The molecule has 0 aliphatic rings. The average Bonchev–Trinajstić information content (AvgIpc) is 3.34. The molecular weight excluding hydrogens is 398 g/mol. The maximum atomic E-state index is 5.95. The molecule has 2 aromatic carbocycles. The Kier molecular flexibility index (Phi) is 5.31. The van der Waals surface area contributed by atoms with Gasteiger partial charge in [0.25, 0.3) is 0 Å². The van der Waals surface area contributed by atoms with Crippen LogP contribution in [-0.2, 0) is 12.8 Å². The van der Waals surface area contributed by atoms with Crippen molar-refractivity contribution in [2.75, 3.05) is 7.11 Å². The van der Waals surface area contributed by atoms with Gasteiger partial charge < -0.3 is 13.8 Å². The van der Waals surface area contributed by atoms with Crippen LogP contribution in [0.25, 0.3) is 22.8 Å². The highest BCUT2D eigenvalue weighted by molar-refractivity contribution is 7.98. The van der Waals surface area contributed by atoms with Crippen molar-refractivity contribution in [1.29, 1.82) is 0 Å². The van der Waals surface area contributed by atoms with Crippen LogP contribution in [0.3, 0.4) is 0 Å². The van der Waals surface area contributed by atoms with Crippen LogP contribution < -0.4 is 4.74 Å². The van der Waals surface area contributed by atoms with Crippen molar-refractivity contribution in [2.24, 2.45) is 7.05 Å². The summed E-state index contributed by atoms with van der Waals surface area (Å²) in [5.74, 6) is 3.03. The van der Waals surface area contributed by atoms with E-state index in [1.165, 1.54) is 11.8 Å². The number of hydrogen-bond acceptors (Lipinski definition) is 7. The van der Waals surface area contributed by atoms with Gasteiger partial charge in [-0.1, -0.05) is 40.7 Å². The summed E-state index contributed by atoms with van der Waals surface area (Å²) in [6, 6.07) is 15.0. The number of aromatic nitrogens is 5. The van der Waals surface area contributed by atoms with Crippen LogP contribution in [0, 0.1) is 0 Å². The monoisotopic (exact) mass is 413 g/mol. The van der Waals surface area contributed by atoms with Crippen molar-refractivity contribution in [3.05, 3.63) is 59.4 Å². The first-order chi connectivity index (χ1) is 13.6. The standard InChI is InChI=1S/C19H16ClN5O2S/c1-25-18(12-6-8-14(20)9-7-12)22-23-19(25)28-11-16-21-17(24-27-16)13-4-3-5-15(10-13)26-2/h3-10H,11H2,1-2H3. The predicted octanol–water partition coefficient (Wildman–Crippen LogP) is 4.49. The van der Waals surface area contributed by atoms with Crippen molar-refractivity contribution in [2.45, 2.75) is 10.9 Å². The largest absolute Gasteiger partial charge is 0.497 e. The summed E-state index contributed by atoms with van der Waals surface area (Å²) in [6.07, 6.45) is 0. The zero-order valence-corrected chi connectivity index (χ0v) is 16.7. The van der Waals surface area contributed by atoms with E-state index in [0.717, 1.165) is 27.9 Å². The Morgan fingerprint density at radius 2 is 1.93 bits per heavy atom. The van der Waals surface area contributed by atoms with Gasteiger partial charge in [-0.2, -0.15) is 4.98 Å². The molecule has 4 aromatic rings. The van der Waals surface area contributed by atoms with Crippen molar-refractivity contribution >= 4 is 23.4 Å². The second-order valence-electron chi connectivity index (χ2n) is 5.90. The molecule has 0 N–H and O–H groups in total. The molecule has 0 saturated carbocycles. The molecule has 0 aliphatic heterocycles. The lowest BCUT2D eigenvalue weighted by Crippen LogP contribution is -1.95. The van der Waals surface area contributed by atoms with E-state index in [1.807, 2.05) is 60.1 Å². The maximum absolute atomic E-state index is 5.95. The Labute approximate surface area is 170 Å². The number of nitrogens with zero attached hydrogens (tertiary/aromatic N) is 5. The zero-order valence-electron chi connectivity index (χ0n) is 15.2. The Morgan fingerprint density at radius 3 is 2.71 bits per heavy atom. The van der Waals surface area contributed by atoms with Crippen LogP contribution in [0.1, 0.15) is 5.89 Å². The van der Waals surface area contributed by atoms with Crippen molar-refractivity contribution < 1.29 is 9.26 Å². The first-order valence-corrected chi connectivity index (χ1v) is 9.75. The molecule has 0 radical (unpaired) electrons. The smallest absolute Gasteiger partial charge is 0.237 e. The van der Waals surface area contributed by atoms with Crippen LogP contribution in [0.15, 0.2) is 58.2 Å². The summed E-state index contributed by atoms with van der Waals surface area (Å²) in [5.41, 5.74) is 1.78. The number of methoxy groups -OCH3 is 1. The van der Waals surface area contributed by atoms with Gasteiger partial charge >= 0.3 is 0 Å². The fourth-order valence-electron chi connectivity index (χ4n) is 2.61. The SMILES string of the molecule is COc1cccc(-c2noc(CSc3nnc(-c4ccc(Cl)cc4)n3C)n2)c1. The second-order valence-corrected chi connectivity index (χ2v) is 7.28. The number of benzene rings is 2. The molecule has 0 spiro atoms. The summed E-state index contributed by atoms with van der Waals surface area (Å²) in [7, 11) is 3.54. The van der Waals surface area contributed by atoms with Crippen molar-refractivity contribution in [3.63, 3.8) is 0 Å². The first-order valence-electron chi connectivity index (χ1n) is 8.39. The lowest BCUT2D eigenvalue weighted by molar-refractivity contribution is 0.391.